The standard InChI is InChI=1S/C23H26F3N5O5.C22H21F3N8O2.C18H17F3N6O3/c1-13-8-17(18(34)2-5-23(24,25)26)28-21-20(13)30-7-4-14(10-30)31(21)22(35)29-19-9-16(3-6-27-19)36-12-15(33)11-32;1-12(22(23,24)25)8-18(34)15-2-3-17-20(28-15)33(14-5-7-32(17)11-14)21(35)29-19-9-13(4-6-26-19)16-10-27-31-30-16;19-18(20,21)10-23-16(28)12-4-5-13-15(24-12)26(11-6-8-27(13,30)9-11)17(29)25-14-3-1-2-7-22-14/h3,6,8-9,14-15,32-33H,2,4-5,7,10-12H2,1H3,(H,27,29,35);2-4,6,9-10,12,14H,5,7-8,11H2,1H3,(H,26,29,35)(H,27,30,31);1-5,7,11H,6,8-10H2,(H,23,28)(H,22,25,29)/t14-,15+;12-,14-;11-,27?/m000/s1. The zero-order valence-electron chi connectivity index (χ0n) is 53.6. The Morgan fingerprint density at radius 1 is 0.703 bits per heavy atom. The number of pyridine rings is 6. The Morgan fingerprint density at radius 2 is 1.34 bits per heavy atom. The fourth-order valence-electron chi connectivity index (χ4n) is 12.3. The number of anilines is 8. The molecular weight excluding hydrogens is 1350 g/mol. The second-order valence-corrected chi connectivity index (χ2v) is 24.4. The van der Waals surface area contributed by atoms with E-state index in [1.807, 2.05) is 4.90 Å². The summed E-state index contributed by atoms with van der Waals surface area (Å²) < 4.78 is 119. The summed E-state index contributed by atoms with van der Waals surface area (Å²) in [6.45, 7) is 3.43. The van der Waals surface area contributed by atoms with Crippen LogP contribution < -0.4 is 55.1 Å². The average molecular weight is 1420 g/mol. The van der Waals surface area contributed by atoms with Gasteiger partial charge in [0.25, 0.3) is 5.91 Å². The van der Waals surface area contributed by atoms with Gasteiger partial charge in [-0.15, -0.1) is 0 Å². The number of H-pyrrole nitrogens is 1. The number of urea groups is 3. The first-order chi connectivity index (χ1) is 47.9. The van der Waals surface area contributed by atoms with Crippen molar-refractivity contribution in [2.75, 3.05) is 99.5 Å². The first-order valence-corrected chi connectivity index (χ1v) is 31.5. The van der Waals surface area contributed by atoms with Crippen molar-refractivity contribution < 1.29 is 83.2 Å². The summed E-state index contributed by atoms with van der Waals surface area (Å²) >= 11 is 0. The molecule has 38 heteroatoms. The number of ketones is 2. The van der Waals surface area contributed by atoms with Crippen LogP contribution in [0, 0.1) is 18.0 Å². The quantitative estimate of drug-likeness (QED) is 0.0206. The molecule has 0 aliphatic carbocycles. The number of quaternary nitrogens is 1. The topological polar surface area (TPSA) is 358 Å². The zero-order valence-corrected chi connectivity index (χ0v) is 53.6. The Labute approximate surface area is 567 Å². The molecule has 534 valence electrons. The summed E-state index contributed by atoms with van der Waals surface area (Å²) in [4.78, 5) is 110. The highest BCUT2D eigenvalue weighted by atomic mass is 19.4. The lowest BCUT2D eigenvalue weighted by Crippen LogP contribution is -2.54. The predicted octanol–water partition coefficient (Wildman–Crippen LogP) is 8.73. The molecule has 7 aromatic rings. The molecule has 6 aliphatic rings. The van der Waals surface area contributed by atoms with E-state index in [2.05, 4.69) is 66.2 Å². The number of aromatic amines is 1. The van der Waals surface area contributed by atoms with Crippen LogP contribution in [0.3, 0.4) is 0 Å². The van der Waals surface area contributed by atoms with Crippen molar-refractivity contribution in [2.24, 2.45) is 5.92 Å². The minimum atomic E-state index is -4.58. The Balaban J connectivity index is 0.000000153. The normalized spacial score (nSPS) is 19.1. The van der Waals surface area contributed by atoms with E-state index >= 15 is 0 Å². The number of aliphatic hydroxyl groups excluding tert-OH is 2. The van der Waals surface area contributed by atoms with Crippen molar-refractivity contribution in [3.63, 3.8) is 0 Å². The first-order valence-electron chi connectivity index (χ1n) is 31.5. The lowest BCUT2D eigenvalue weighted by Gasteiger charge is -2.44. The number of halogens is 9. The number of amides is 7. The van der Waals surface area contributed by atoms with E-state index in [-0.39, 0.29) is 89.5 Å². The third kappa shape index (κ3) is 16.6. The monoisotopic (exact) mass is 1420 g/mol. The van der Waals surface area contributed by atoms with Gasteiger partial charge in [-0.05, 0) is 79.9 Å². The number of fused-ring (bicyclic) bond motifs is 12. The zero-order chi connectivity index (χ0) is 72.3. The van der Waals surface area contributed by atoms with E-state index in [1.54, 1.807) is 48.6 Å². The van der Waals surface area contributed by atoms with Gasteiger partial charge >= 0.3 is 36.6 Å². The molecule has 0 spiro atoms. The number of hydrogen-bond acceptors (Lipinski definition) is 20. The number of nitrogens with one attached hydrogen (secondary N) is 5. The fourth-order valence-corrected chi connectivity index (χ4v) is 12.3. The number of aliphatic hydroxyl groups is 2. The van der Waals surface area contributed by atoms with Crippen LogP contribution in [-0.4, -0.2) is 193 Å². The molecular formula is C63H64F9N19O10. The third-order valence-electron chi connectivity index (χ3n) is 17.2. The van der Waals surface area contributed by atoms with Crippen molar-refractivity contribution >= 4 is 87.5 Å². The molecule has 7 aromatic heterocycles. The molecule has 3 saturated heterocycles. The molecule has 101 heavy (non-hydrogen) atoms. The molecule has 0 radical (unpaired) electrons. The largest absolute Gasteiger partial charge is 0.627 e. The van der Waals surface area contributed by atoms with Gasteiger partial charge in [0.2, 0.25) is 5.82 Å². The molecule has 3 fully saturated rings. The first kappa shape index (κ1) is 71.6. The van der Waals surface area contributed by atoms with Gasteiger partial charge in [-0.25, -0.2) is 44.3 Å². The van der Waals surface area contributed by atoms with E-state index in [4.69, 9.17) is 9.84 Å². The van der Waals surface area contributed by atoms with Crippen LogP contribution in [0.1, 0.15) is 82.5 Å². The average Bonchev–Trinajstić information content (AvgIpc) is 1.61. The van der Waals surface area contributed by atoms with Gasteiger partial charge in [-0.3, -0.25) is 45.0 Å². The van der Waals surface area contributed by atoms with E-state index < -0.39 is 109 Å². The molecule has 6 aliphatic heterocycles. The number of aryl methyl sites for hydroxylation is 1. The maximum Gasteiger partial charge on any atom is 0.405 e. The van der Waals surface area contributed by atoms with E-state index in [0.29, 0.717) is 79.4 Å². The molecule has 6 bridgehead atoms. The number of alkyl halides is 9. The molecule has 0 aromatic carbocycles. The summed E-state index contributed by atoms with van der Waals surface area (Å²) in [5, 5.41) is 51.6. The highest BCUT2D eigenvalue weighted by molar-refractivity contribution is 6.08. The van der Waals surface area contributed by atoms with Gasteiger partial charge in [0.05, 0.1) is 61.2 Å². The van der Waals surface area contributed by atoms with Gasteiger partial charge in [0.1, 0.15) is 71.8 Å². The maximum absolute atomic E-state index is 13.4. The summed E-state index contributed by atoms with van der Waals surface area (Å²) in [5.41, 5.74) is 2.88. The van der Waals surface area contributed by atoms with Crippen LogP contribution in [0.2, 0.25) is 0 Å². The Bertz CT molecular complexity index is 4240. The summed E-state index contributed by atoms with van der Waals surface area (Å²) in [6.07, 6.45) is -9.55. The molecule has 13 heterocycles. The Hall–Kier alpha value is -10.7. The molecule has 1 unspecified atom stereocenters. The van der Waals surface area contributed by atoms with Crippen LogP contribution in [0.5, 0.6) is 5.75 Å². The highest BCUT2D eigenvalue weighted by Crippen LogP contribution is 2.46. The number of hydrogen-bond donors (Lipinski definition) is 7. The molecule has 13 rings (SSSR count). The second kappa shape index (κ2) is 29.2. The number of Topliss-reactive ketones (excluding diaryl/α,β-unsaturated/α-hetero) is 2. The van der Waals surface area contributed by atoms with Crippen LogP contribution in [0.4, 0.5) is 106 Å². The van der Waals surface area contributed by atoms with Crippen molar-refractivity contribution in [3.05, 3.63) is 125 Å². The van der Waals surface area contributed by atoms with Gasteiger partial charge in [-0.1, -0.05) is 13.0 Å². The predicted molar refractivity (Wildman–Crippen MR) is 345 cm³/mol. The molecule has 0 saturated carbocycles. The Morgan fingerprint density at radius 3 is 2.00 bits per heavy atom. The Kier molecular flexibility index (Phi) is 20.7. The summed E-state index contributed by atoms with van der Waals surface area (Å²) in [5.74, 6) is -2.86. The summed E-state index contributed by atoms with van der Waals surface area (Å²) in [6, 6.07) is 15.8. The van der Waals surface area contributed by atoms with Crippen LogP contribution in [-0.2, 0) is 0 Å². The number of rotatable bonds is 16. The summed E-state index contributed by atoms with van der Waals surface area (Å²) in [7, 11) is 0. The van der Waals surface area contributed by atoms with Crippen LogP contribution >= 0.6 is 0 Å². The smallest absolute Gasteiger partial charge is 0.405 e. The minimum absolute atomic E-state index is 0.0353. The molecule has 7 N–H and O–H groups in total. The van der Waals surface area contributed by atoms with Crippen LogP contribution in [0.25, 0.3) is 11.3 Å². The van der Waals surface area contributed by atoms with E-state index in [1.165, 1.54) is 75.9 Å². The number of aromatic nitrogens is 9. The molecule has 7 amide bonds. The van der Waals surface area contributed by atoms with Gasteiger partial charge in [-0.2, -0.15) is 54.9 Å². The van der Waals surface area contributed by atoms with Gasteiger partial charge in [0, 0.05) is 81.7 Å². The molecule has 6 atom stereocenters. The van der Waals surface area contributed by atoms with Crippen molar-refractivity contribution in [1.82, 2.24) is 55.3 Å². The number of carbonyl (C=O) groups is 6. The lowest BCUT2D eigenvalue weighted by atomic mass is 10.0. The van der Waals surface area contributed by atoms with Gasteiger partial charge < -0.3 is 39.9 Å². The molecule has 29 nitrogen and oxygen atoms in total. The highest BCUT2D eigenvalue weighted by Gasteiger charge is 2.49. The van der Waals surface area contributed by atoms with Crippen molar-refractivity contribution in [1.29, 1.82) is 0 Å². The number of nitrogens with zero attached hydrogens (tertiary/aromatic N) is 14. The lowest BCUT2D eigenvalue weighted by molar-refractivity contribution is -0.168. The number of carbonyl (C=O) groups excluding carboxylic acids is 6. The van der Waals surface area contributed by atoms with Gasteiger partial charge in [0.15, 0.2) is 28.9 Å². The number of ether oxygens (including phenoxy) is 1. The van der Waals surface area contributed by atoms with Crippen molar-refractivity contribution in [3.8, 4) is 17.0 Å². The van der Waals surface area contributed by atoms with E-state index in [9.17, 15) is 78.6 Å². The number of hydroxylamine groups is 2. The SMILES string of the molecule is C[C@@H](CC(=O)c1ccc2c(n1)N(C(=O)Nc1cc(-c3cn[nH]n3)ccn1)[C@H]1CCN2C1)C(F)(F)F.Cc1cc(C(=O)CCC(F)(F)F)nc2c1N1CC[C@@H](C1)N2C(=O)Nc1cc(OC[C@H](O)CO)ccn1.O=C(NCC(F)(F)F)c1ccc2c(n1)N(C(=O)Nc1ccccn1)[C@H]1CC[N+]2([O-])C1. The van der Waals surface area contributed by atoms with E-state index in [0.717, 1.165) is 6.92 Å². The fraction of sp³-hybridized carbons (Fsp3) is 0.397. The third-order valence-corrected chi connectivity index (χ3v) is 17.2. The van der Waals surface area contributed by atoms with Crippen LogP contribution in [0.15, 0.2) is 97.6 Å². The maximum atomic E-state index is 13.4. The second-order valence-electron chi connectivity index (χ2n) is 24.4. The minimum Gasteiger partial charge on any atom is -0.627 e. The van der Waals surface area contributed by atoms with Crippen molar-refractivity contribution in [2.45, 2.75) is 95.1 Å².